The standard InChI is InChI=1S/C12H14N6O3S/c1-14-22(20,21)18-9-4-2-8(3-5-9)17-12(19)10-11(13)16-7-6-15-10/h2-7,14,18H,1H3,(H2,13,16)(H,17,19). The molecule has 0 atom stereocenters. The van der Waals surface area contributed by atoms with E-state index in [1.165, 1.54) is 43.7 Å². The molecule has 0 fully saturated rings. The predicted octanol–water partition coefficient (Wildman–Crippen LogP) is 0.187. The van der Waals surface area contributed by atoms with Gasteiger partial charge < -0.3 is 11.1 Å². The zero-order valence-electron chi connectivity index (χ0n) is 11.6. The second-order valence-corrected chi connectivity index (χ2v) is 5.75. The Labute approximate surface area is 127 Å². The molecule has 0 aliphatic carbocycles. The summed E-state index contributed by atoms with van der Waals surface area (Å²) >= 11 is 0. The average molecular weight is 322 g/mol. The molecule has 9 nitrogen and oxygen atoms in total. The molecule has 5 N–H and O–H groups in total. The first-order chi connectivity index (χ1) is 10.4. The summed E-state index contributed by atoms with van der Waals surface area (Å²) < 4.78 is 27.1. The first-order valence-electron chi connectivity index (χ1n) is 6.10. The lowest BCUT2D eigenvalue weighted by molar-refractivity contribution is 0.102. The van der Waals surface area contributed by atoms with Crippen LogP contribution in [0.1, 0.15) is 10.5 Å². The van der Waals surface area contributed by atoms with Gasteiger partial charge in [0.15, 0.2) is 11.5 Å². The molecule has 0 unspecified atom stereocenters. The molecular formula is C12H14N6O3S. The maximum atomic E-state index is 12.0. The highest BCUT2D eigenvalue weighted by atomic mass is 32.2. The molecule has 0 bridgehead atoms. The van der Waals surface area contributed by atoms with Crippen molar-refractivity contribution in [2.45, 2.75) is 0 Å². The maximum Gasteiger partial charge on any atom is 0.298 e. The number of nitrogens with two attached hydrogens (primary N) is 1. The molecule has 22 heavy (non-hydrogen) atoms. The smallest absolute Gasteiger partial charge is 0.298 e. The molecule has 1 amide bonds. The molecule has 0 radical (unpaired) electrons. The molecule has 1 aromatic carbocycles. The van der Waals surface area contributed by atoms with Crippen LogP contribution in [-0.4, -0.2) is 31.3 Å². The minimum absolute atomic E-state index is 0.0162. The minimum atomic E-state index is -3.58. The molecule has 0 saturated carbocycles. The van der Waals surface area contributed by atoms with Crippen molar-refractivity contribution in [1.82, 2.24) is 14.7 Å². The highest BCUT2D eigenvalue weighted by molar-refractivity contribution is 7.90. The molecule has 10 heteroatoms. The first-order valence-corrected chi connectivity index (χ1v) is 7.59. The molecule has 116 valence electrons. The Bertz CT molecular complexity index is 776. The number of nitrogens with one attached hydrogen (secondary N) is 3. The number of nitrogen functional groups attached to an aromatic ring is 1. The molecule has 2 aromatic rings. The summed E-state index contributed by atoms with van der Waals surface area (Å²) in [7, 11) is -2.29. The van der Waals surface area contributed by atoms with Gasteiger partial charge in [-0.25, -0.2) is 14.7 Å². The van der Waals surface area contributed by atoms with E-state index in [9.17, 15) is 13.2 Å². The minimum Gasteiger partial charge on any atom is -0.382 e. The van der Waals surface area contributed by atoms with Gasteiger partial charge in [-0.2, -0.15) is 8.42 Å². The monoisotopic (exact) mass is 322 g/mol. The van der Waals surface area contributed by atoms with Gasteiger partial charge in [0.2, 0.25) is 0 Å². The summed E-state index contributed by atoms with van der Waals surface area (Å²) in [6.07, 6.45) is 2.75. The third-order valence-corrected chi connectivity index (χ3v) is 3.65. The Morgan fingerprint density at radius 3 is 2.27 bits per heavy atom. The number of carbonyl (C=O) groups excluding carboxylic acids is 1. The third kappa shape index (κ3) is 3.90. The number of hydrogen-bond donors (Lipinski definition) is 4. The van der Waals surface area contributed by atoms with Crippen LogP contribution in [-0.2, 0) is 10.2 Å². The van der Waals surface area contributed by atoms with Gasteiger partial charge in [0, 0.05) is 30.8 Å². The van der Waals surface area contributed by atoms with Crippen molar-refractivity contribution in [3.05, 3.63) is 42.4 Å². The second-order valence-electron chi connectivity index (χ2n) is 4.13. The van der Waals surface area contributed by atoms with Crippen LogP contribution in [0, 0.1) is 0 Å². The first kappa shape index (κ1) is 15.7. The number of nitrogens with zero attached hydrogens (tertiary/aromatic N) is 2. The molecule has 0 aliphatic heterocycles. The van der Waals surface area contributed by atoms with Crippen molar-refractivity contribution in [3.8, 4) is 0 Å². The van der Waals surface area contributed by atoms with Crippen LogP contribution in [0.25, 0.3) is 0 Å². The zero-order chi connectivity index (χ0) is 16.2. The normalized spacial score (nSPS) is 11.0. The van der Waals surface area contributed by atoms with E-state index in [2.05, 4.69) is 24.7 Å². The van der Waals surface area contributed by atoms with Gasteiger partial charge in [-0.15, -0.1) is 0 Å². The summed E-state index contributed by atoms with van der Waals surface area (Å²) in [6.45, 7) is 0. The Morgan fingerprint density at radius 2 is 1.68 bits per heavy atom. The number of hydrogen-bond acceptors (Lipinski definition) is 6. The van der Waals surface area contributed by atoms with Crippen molar-refractivity contribution in [2.75, 3.05) is 22.8 Å². The van der Waals surface area contributed by atoms with Crippen LogP contribution < -0.4 is 20.5 Å². The Kier molecular flexibility index (Phi) is 4.53. The Balaban J connectivity index is 2.09. The van der Waals surface area contributed by atoms with Gasteiger partial charge in [0.1, 0.15) is 0 Å². The van der Waals surface area contributed by atoms with E-state index in [4.69, 9.17) is 5.73 Å². The Hall–Kier alpha value is -2.72. The lowest BCUT2D eigenvalue weighted by atomic mass is 10.2. The fourth-order valence-corrected chi connectivity index (χ4v) is 2.09. The second kappa shape index (κ2) is 6.37. The van der Waals surface area contributed by atoms with E-state index in [0.717, 1.165) is 0 Å². The quantitative estimate of drug-likeness (QED) is 0.619. The van der Waals surface area contributed by atoms with E-state index in [0.29, 0.717) is 11.4 Å². The Morgan fingerprint density at radius 1 is 1.09 bits per heavy atom. The van der Waals surface area contributed by atoms with Crippen LogP contribution in [0.2, 0.25) is 0 Å². The van der Waals surface area contributed by atoms with E-state index >= 15 is 0 Å². The lowest BCUT2D eigenvalue weighted by Gasteiger charge is -2.08. The summed E-state index contributed by atoms with van der Waals surface area (Å²) in [5.74, 6) is -0.479. The van der Waals surface area contributed by atoms with Crippen molar-refractivity contribution < 1.29 is 13.2 Å². The van der Waals surface area contributed by atoms with Gasteiger partial charge in [0.25, 0.3) is 16.1 Å². The van der Waals surface area contributed by atoms with Crippen molar-refractivity contribution >= 4 is 33.3 Å². The fourth-order valence-electron chi connectivity index (χ4n) is 1.54. The van der Waals surface area contributed by atoms with E-state index in [1.807, 2.05) is 0 Å². The van der Waals surface area contributed by atoms with Gasteiger partial charge in [-0.1, -0.05) is 0 Å². The number of amides is 1. The summed E-state index contributed by atoms with van der Waals surface area (Å²) in [4.78, 5) is 19.6. The van der Waals surface area contributed by atoms with Crippen LogP contribution in [0.5, 0.6) is 0 Å². The molecule has 0 spiro atoms. The third-order valence-electron chi connectivity index (χ3n) is 2.61. The van der Waals surface area contributed by atoms with Crippen LogP contribution in [0.4, 0.5) is 17.2 Å². The SMILES string of the molecule is CNS(=O)(=O)Nc1ccc(NC(=O)c2nccnc2N)cc1. The van der Waals surface area contributed by atoms with Gasteiger partial charge in [0.05, 0.1) is 0 Å². The summed E-state index contributed by atoms with van der Waals surface area (Å²) in [6, 6.07) is 6.09. The van der Waals surface area contributed by atoms with Crippen LogP contribution in [0.3, 0.4) is 0 Å². The molecular weight excluding hydrogens is 308 g/mol. The summed E-state index contributed by atoms with van der Waals surface area (Å²) in [5, 5.41) is 2.59. The molecule has 0 aliphatic rings. The topological polar surface area (TPSA) is 139 Å². The van der Waals surface area contributed by atoms with Crippen molar-refractivity contribution in [3.63, 3.8) is 0 Å². The maximum absolute atomic E-state index is 12.0. The van der Waals surface area contributed by atoms with Gasteiger partial charge in [-0.05, 0) is 24.3 Å². The average Bonchev–Trinajstić information content (AvgIpc) is 2.49. The van der Waals surface area contributed by atoms with Crippen molar-refractivity contribution in [1.29, 1.82) is 0 Å². The van der Waals surface area contributed by atoms with Gasteiger partial charge in [-0.3, -0.25) is 9.52 Å². The highest BCUT2D eigenvalue weighted by Crippen LogP contribution is 2.15. The summed E-state index contributed by atoms with van der Waals surface area (Å²) in [5.41, 5.74) is 6.40. The predicted molar refractivity (Wildman–Crippen MR) is 82.4 cm³/mol. The van der Waals surface area contributed by atoms with Crippen LogP contribution in [0.15, 0.2) is 36.7 Å². The van der Waals surface area contributed by atoms with Crippen molar-refractivity contribution in [2.24, 2.45) is 0 Å². The largest absolute Gasteiger partial charge is 0.382 e. The number of carbonyl (C=O) groups is 1. The molecule has 2 rings (SSSR count). The number of anilines is 3. The number of rotatable bonds is 5. The zero-order valence-corrected chi connectivity index (χ0v) is 12.4. The molecule has 0 saturated heterocycles. The van der Waals surface area contributed by atoms with E-state index in [1.54, 1.807) is 0 Å². The highest BCUT2D eigenvalue weighted by Gasteiger charge is 2.12. The number of benzene rings is 1. The lowest BCUT2D eigenvalue weighted by Crippen LogP contribution is -2.26. The van der Waals surface area contributed by atoms with E-state index < -0.39 is 16.1 Å². The molecule has 1 heterocycles. The van der Waals surface area contributed by atoms with Crippen LogP contribution >= 0.6 is 0 Å². The van der Waals surface area contributed by atoms with E-state index in [-0.39, 0.29) is 11.5 Å². The number of aromatic nitrogens is 2. The molecule has 1 aromatic heterocycles. The fraction of sp³-hybridized carbons (Fsp3) is 0.0833. The van der Waals surface area contributed by atoms with Gasteiger partial charge >= 0.3 is 0 Å².